The molecule has 9 nitrogen and oxygen atoms in total. The number of esters is 2. The third-order valence-electron chi connectivity index (χ3n) is 5.28. The predicted octanol–water partition coefficient (Wildman–Crippen LogP) is 2.51. The Kier molecular flexibility index (Phi) is 9.77. The lowest BCUT2D eigenvalue weighted by molar-refractivity contribution is -0.277. The average Bonchev–Trinajstić information content (AvgIpc) is 2.81. The third-order valence-corrected chi connectivity index (χ3v) is 5.28. The second kappa shape index (κ2) is 13.0. The number of amides is 1. The molecule has 1 saturated heterocycles. The second-order valence-electron chi connectivity index (χ2n) is 8.21. The molecule has 2 aromatic carbocycles. The minimum Gasteiger partial charge on any atom is -0.457 e. The summed E-state index contributed by atoms with van der Waals surface area (Å²) in [6, 6.07) is 18.1. The lowest BCUT2D eigenvalue weighted by Crippen LogP contribution is -2.66. The molecule has 1 heterocycles. The molecule has 1 aliphatic heterocycles. The Bertz CT molecular complexity index is 968. The standard InChI is InChI=1S/C26H31NO8/c1-17(28)27-23-25(33-18(2)29)24(32-15-21-12-8-5-9-13-21)22(35-26(23)34-19(3)30)16-31-14-20-10-6-4-7-11-20/h4-13,22-26H,14-16H2,1-3H3,(H,27,28)/t22-,23-,24+,25-,26?/m1/s1. The van der Waals surface area contributed by atoms with E-state index in [1.54, 1.807) is 0 Å². The van der Waals surface area contributed by atoms with Crippen LogP contribution in [-0.2, 0) is 51.3 Å². The van der Waals surface area contributed by atoms with E-state index >= 15 is 0 Å². The maximum absolute atomic E-state index is 12.0. The molecule has 1 unspecified atom stereocenters. The van der Waals surface area contributed by atoms with Crippen molar-refractivity contribution in [3.63, 3.8) is 0 Å². The summed E-state index contributed by atoms with van der Waals surface area (Å²) < 4.78 is 29.1. The Morgan fingerprint density at radius 3 is 1.91 bits per heavy atom. The lowest BCUT2D eigenvalue weighted by Gasteiger charge is -2.45. The van der Waals surface area contributed by atoms with E-state index in [1.807, 2.05) is 60.7 Å². The van der Waals surface area contributed by atoms with Crippen LogP contribution in [0.5, 0.6) is 0 Å². The van der Waals surface area contributed by atoms with Gasteiger partial charge in [-0.2, -0.15) is 0 Å². The van der Waals surface area contributed by atoms with Crippen LogP contribution in [0.1, 0.15) is 31.9 Å². The zero-order valence-corrected chi connectivity index (χ0v) is 20.0. The number of rotatable bonds is 10. The van der Waals surface area contributed by atoms with Crippen molar-refractivity contribution in [2.75, 3.05) is 6.61 Å². The minimum atomic E-state index is -1.21. The molecule has 1 aliphatic rings. The van der Waals surface area contributed by atoms with Crippen molar-refractivity contribution >= 4 is 17.8 Å². The number of benzene rings is 2. The molecule has 1 fully saturated rings. The molecular weight excluding hydrogens is 454 g/mol. The fourth-order valence-corrected chi connectivity index (χ4v) is 3.86. The van der Waals surface area contributed by atoms with Crippen molar-refractivity contribution < 1.29 is 38.1 Å². The summed E-state index contributed by atoms with van der Waals surface area (Å²) in [6.07, 6.45) is -3.79. The molecule has 0 radical (unpaired) electrons. The van der Waals surface area contributed by atoms with Crippen molar-refractivity contribution in [1.29, 1.82) is 0 Å². The Morgan fingerprint density at radius 1 is 0.800 bits per heavy atom. The number of carbonyl (C=O) groups excluding carboxylic acids is 3. The summed E-state index contributed by atoms with van der Waals surface area (Å²) >= 11 is 0. The lowest BCUT2D eigenvalue weighted by atomic mass is 9.96. The van der Waals surface area contributed by atoms with Gasteiger partial charge >= 0.3 is 11.9 Å². The first-order valence-electron chi connectivity index (χ1n) is 11.4. The van der Waals surface area contributed by atoms with Gasteiger partial charge in [-0.25, -0.2) is 0 Å². The average molecular weight is 486 g/mol. The molecule has 5 atom stereocenters. The molecule has 0 spiro atoms. The fourth-order valence-electron chi connectivity index (χ4n) is 3.86. The van der Waals surface area contributed by atoms with Crippen LogP contribution in [0.25, 0.3) is 0 Å². The van der Waals surface area contributed by atoms with Gasteiger partial charge < -0.3 is 29.0 Å². The largest absolute Gasteiger partial charge is 0.457 e. The van der Waals surface area contributed by atoms with Crippen LogP contribution < -0.4 is 5.32 Å². The molecular formula is C26H31NO8. The zero-order chi connectivity index (χ0) is 25.2. The highest BCUT2D eigenvalue weighted by molar-refractivity contribution is 5.73. The van der Waals surface area contributed by atoms with Gasteiger partial charge in [0.25, 0.3) is 0 Å². The van der Waals surface area contributed by atoms with Crippen LogP contribution in [0, 0.1) is 0 Å². The first-order chi connectivity index (χ1) is 16.8. The van der Waals surface area contributed by atoms with Gasteiger partial charge in [0.05, 0.1) is 19.8 Å². The third kappa shape index (κ3) is 8.17. The van der Waals surface area contributed by atoms with Gasteiger partial charge in [-0.05, 0) is 11.1 Å². The summed E-state index contributed by atoms with van der Waals surface area (Å²) in [6.45, 7) is 4.38. The Balaban J connectivity index is 1.86. The van der Waals surface area contributed by atoms with Gasteiger partial charge in [0, 0.05) is 20.8 Å². The number of carbonyl (C=O) groups is 3. The highest BCUT2D eigenvalue weighted by Gasteiger charge is 2.50. The first-order valence-corrected chi connectivity index (χ1v) is 11.4. The molecule has 188 valence electrons. The molecule has 0 bridgehead atoms. The number of ether oxygens (including phenoxy) is 5. The van der Waals surface area contributed by atoms with E-state index in [4.69, 9.17) is 23.7 Å². The maximum atomic E-state index is 12.0. The molecule has 0 aromatic heterocycles. The molecule has 0 saturated carbocycles. The Morgan fingerprint density at radius 2 is 1.37 bits per heavy atom. The second-order valence-corrected chi connectivity index (χ2v) is 8.21. The van der Waals surface area contributed by atoms with Gasteiger partial charge in [-0.15, -0.1) is 0 Å². The highest BCUT2D eigenvalue weighted by atomic mass is 16.7. The monoisotopic (exact) mass is 485 g/mol. The Labute approximate surface area is 204 Å². The van der Waals surface area contributed by atoms with Crippen LogP contribution in [0.2, 0.25) is 0 Å². The van der Waals surface area contributed by atoms with E-state index in [0.717, 1.165) is 11.1 Å². The van der Waals surface area contributed by atoms with E-state index in [0.29, 0.717) is 6.61 Å². The first kappa shape index (κ1) is 26.3. The van der Waals surface area contributed by atoms with Crippen LogP contribution in [-0.4, -0.2) is 55.1 Å². The summed E-state index contributed by atoms with van der Waals surface area (Å²) in [5, 5.41) is 2.68. The number of hydrogen-bond donors (Lipinski definition) is 1. The highest BCUT2D eigenvalue weighted by Crippen LogP contribution is 2.28. The van der Waals surface area contributed by atoms with Crippen molar-refractivity contribution in [3.8, 4) is 0 Å². The molecule has 1 amide bonds. The molecule has 0 aliphatic carbocycles. The van der Waals surface area contributed by atoms with Crippen molar-refractivity contribution in [2.45, 2.75) is 64.6 Å². The number of nitrogens with one attached hydrogen (secondary N) is 1. The van der Waals surface area contributed by atoms with Crippen LogP contribution in [0.15, 0.2) is 60.7 Å². The van der Waals surface area contributed by atoms with Crippen LogP contribution in [0.4, 0.5) is 0 Å². The molecule has 35 heavy (non-hydrogen) atoms. The fraction of sp³-hybridized carbons (Fsp3) is 0.423. The van der Waals surface area contributed by atoms with Crippen LogP contribution >= 0.6 is 0 Å². The van der Waals surface area contributed by atoms with E-state index in [1.165, 1.54) is 20.8 Å². The van der Waals surface area contributed by atoms with Gasteiger partial charge in [0.2, 0.25) is 12.2 Å². The quantitative estimate of drug-likeness (QED) is 0.512. The van der Waals surface area contributed by atoms with Gasteiger partial charge in [-0.1, -0.05) is 60.7 Å². The molecule has 1 N–H and O–H groups in total. The normalized spacial score (nSPS) is 23.8. The summed E-state index contributed by atoms with van der Waals surface area (Å²) in [5.41, 5.74) is 1.87. The summed E-state index contributed by atoms with van der Waals surface area (Å²) in [5.74, 6) is -1.60. The Hall–Kier alpha value is -3.27. The summed E-state index contributed by atoms with van der Waals surface area (Å²) in [4.78, 5) is 35.8. The SMILES string of the molecule is CC(=O)N[C@H]1C(OC(C)=O)O[C@H](COCc2ccccc2)[C@H](OCc2ccccc2)[C@@H]1OC(C)=O. The van der Waals surface area contributed by atoms with Crippen molar-refractivity contribution in [3.05, 3.63) is 71.8 Å². The minimum absolute atomic E-state index is 0.0661. The maximum Gasteiger partial charge on any atom is 0.305 e. The molecule has 3 rings (SSSR count). The van der Waals surface area contributed by atoms with E-state index in [9.17, 15) is 14.4 Å². The van der Waals surface area contributed by atoms with E-state index < -0.39 is 48.5 Å². The summed E-state index contributed by atoms with van der Waals surface area (Å²) in [7, 11) is 0. The smallest absolute Gasteiger partial charge is 0.305 e. The topological polar surface area (TPSA) is 109 Å². The van der Waals surface area contributed by atoms with E-state index in [2.05, 4.69) is 5.32 Å². The van der Waals surface area contributed by atoms with Gasteiger partial charge in [0.1, 0.15) is 18.2 Å². The van der Waals surface area contributed by atoms with E-state index in [-0.39, 0.29) is 13.2 Å². The zero-order valence-electron chi connectivity index (χ0n) is 20.0. The van der Waals surface area contributed by atoms with Gasteiger partial charge in [0.15, 0.2) is 6.10 Å². The van der Waals surface area contributed by atoms with Crippen molar-refractivity contribution in [1.82, 2.24) is 5.32 Å². The predicted molar refractivity (Wildman–Crippen MR) is 125 cm³/mol. The van der Waals surface area contributed by atoms with Crippen LogP contribution in [0.3, 0.4) is 0 Å². The van der Waals surface area contributed by atoms with Gasteiger partial charge in [-0.3, -0.25) is 14.4 Å². The molecule has 2 aromatic rings. The molecule has 9 heteroatoms. The van der Waals surface area contributed by atoms with Crippen molar-refractivity contribution in [2.24, 2.45) is 0 Å². The number of hydrogen-bond acceptors (Lipinski definition) is 8.